The molecule has 1 aliphatic carbocycles. The van der Waals surface area contributed by atoms with Crippen LogP contribution in [0.2, 0.25) is 5.15 Å². The zero-order valence-electron chi connectivity index (χ0n) is 10.7. The van der Waals surface area contributed by atoms with Gasteiger partial charge in [0.25, 0.3) is 0 Å². The Bertz CT molecular complexity index is 478. The van der Waals surface area contributed by atoms with Crippen molar-refractivity contribution in [3.63, 3.8) is 0 Å². The van der Waals surface area contributed by atoms with E-state index in [0.717, 1.165) is 12.1 Å². The van der Waals surface area contributed by atoms with Gasteiger partial charge in [0.05, 0.1) is 24.8 Å². The normalized spacial score (nSPS) is 24.3. The minimum absolute atomic E-state index is 0. The lowest BCUT2D eigenvalue weighted by molar-refractivity contribution is -0.149. The van der Waals surface area contributed by atoms with E-state index in [0.29, 0.717) is 17.5 Å². The van der Waals surface area contributed by atoms with E-state index < -0.39 is 5.41 Å². The first-order valence-electron chi connectivity index (χ1n) is 5.90. The Morgan fingerprint density at radius 2 is 2.26 bits per heavy atom. The maximum Gasteiger partial charge on any atom is 0.312 e. The van der Waals surface area contributed by atoms with Gasteiger partial charge in [-0.25, -0.2) is 4.98 Å². The highest BCUT2D eigenvalue weighted by atomic mass is 35.5. The Labute approximate surface area is 119 Å². The second-order valence-corrected chi connectivity index (χ2v) is 5.00. The first-order chi connectivity index (χ1) is 8.52. The number of carbonyl (C=O) groups excluding carboxylic acids is 1. The third-order valence-electron chi connectivity index (χ3n) is 3.38. The molecular formula is C14H20ClNO3. The molecule has 0 spiro atoms. The molecule has 1 fully saturated rings. The molecule has 4 nitrogen and oxygen atoms in total. The molecule has 106 valence electrons. The minimum atomic E-state index is -0.499. The van der Waals surface area contributed by atoms with Crippen molar-refractivity contribution in [2.45, 2.75) is 33.6 Å². The number of halogens is 1. The summed E-state index contributed by atoms with van der Waals surface area (Å²) in [5.41, 5.74) is 0.238. The topological polar surface area (TPSA) is 48.4 Å². The highest BCUT2D eigenvalue weighted by Gasteiger charge is 2.59. The fourth-order valence-corrected chi connectivity index (χ4v) is 2.30. The molecule has 2 atom stereocenters. The summed E-state index contributed by atoms with van der Waals surface area (Å²) in [5.74, 6) is 0.501. The van der Waals surface area contributed by atoms with Crippen LogP contribution >= 0.6 is 11.6 Å². The molecule has 1 heterocycles. The highest BCUT2D eigenvalue weighted by molar-refractivity contribution is 6.29. The summed E-state index contributed by atoms with van der Waals surface area (Å²) in [5, 5.41) is 0.406. The number of nitrogens with zero attached hydrogens (tertiary/aromatic N) is 1. The molecule has 0 amide bonds. The summed E-state index contributed by atoms with van der Waals surface area (Å²) in [6, 6.07) is 3.45. The second kappa shape index (κ2) is 5.78. The number of rotatable bonds is 4. The molecule has 0 saturated heterocycles. The SMILES string of the molecule is C.CCOC(=O)C1(C)CC1c1nc(Cl)ccc1OC. The van der Waals surface area contributed by atoms with Crippen LogP contribution in [0, 0.1) is 5.41 Å². The van der Waals surface area contributed by atoms with Gasteiger partial charge >= 0.3 is 5.97 Å². The van der Waals surface area contributed by atoms with E-state index in [-0.39, 0.29) is 19.3 Å². The van der Waals surface area contributed by atoms with Crippen molar-refractivity contribution in [3.05, 3.63) is 23.0 Å². The fraction of sp³-hybridized carbons (Fsp3) is 0.571. The predicted molar refractivity (Wildman–Crippen MR) is 74.6 cm³/mol. The molecule has 1 saturated carbocycles. The van der Waals surface area contributed by atoms with Gasteiger partial charge in [0.1, 0.15) is 10.9 Å². The quantitative estimate of drug-likeness (QED) is 0.628. The van der Waals surface area contributed by atoms with Gasteiger partial charge in [-0.05, 0) is 32.4 Å². The molecule has 0 bridgehead atoms. The number of pyridine rings is 1. The molecule has 0 N–H and O–H groups in total. The van der Waals surface area contributed by atoms with Gasteiger partial charge in [0.2, 0.25) is 0 Å². The number of hydrogen-bond acceptors (Lipinski definition) is 4. The van der Waals surface area contributed by atoms with E-state index in [9.17, 15) is 4.79 Å². The second-order valence-electron chi connectivity index (χ2n) is 4.62. The Morgan fingerprint density at radius 1 is 1.58 bits per heavy atom. The summed E-state index contributed by atoms with van der Waals surface area (Å²) in [6.45, 7) is 4.08. The molecule has 2 unspecified atom stereocenters. The summed E-state index contributed by atoms with van der Waals surface area (Å²) in [7, 11) is 1.58. The standard InChI is InChI=1S/C13H16ClNO3.CH4/c1-4-18-12(16)13(2)7-8(13)11-9(17-3)5-6-10(14)15-11;/h5-6,8H,4,7H2,1-3H3;1H4. The van der Waals surface area contributed by atoms with Crippen LogP contribution in [-0.2, 0) is 9.53 Å². The zero-order chi connectivity index (χ0) is 13.3. The van der Waals surface area contributed by atoms with Crippen LogP contribution < -0.4 is 4.74 Å². The smallest absolute Gasteiger partial charge is 0.312 e. The number of esters is 1. The molecule has 0 radical (unpaired) electrons. The lowest BCUT2D eigenvalue weighted by Crippen LogP contribution is -2.18. The number of ether oxygens (including phenoxy) is 2. The molecule has 2 rings (SSSR count). The Kier molecular flexibility index (Phi) is 4.80. The van der Waals surface area contributed by atoms with E-state index in [1.807, 2.05) is 6.92 Å². The number of aromatic nitrogens is 1. The summed E-state index contributed by atoms with van der Waals surface area (Å²) >= 11 is 5.90. The average molecular weight is 286 g/mol. The number of hydrogen-bond donors (Lipinski definition) is 0. The fourth-order valence-electron chi connectivity index (χ4n) is 2.14. The van der Waals surface area contributed by atoms with Crippen molar-refractivity contribution >= 4 is 17.6 Å². The van der Waals surface area contributed by atoms with Gasteiger partial charge < -0.3 is 9.47 Å². The Hall–Kier alpha value is -1.29. The van der Waals surface area contributed by atoms with Crippen molar-refractivity contribution in [2.75, 3.05) is 13.7 Å². The Balaban J connectivity index is 0.00000180. The van der Waals surface area contributed by atoms with Crippen molar-refractivity contribution in [1.29, 1.82) is 0 Å². The van der Waals surface area contributed by atoms with Gasteiger partial charge in [-0.15, -0.1) is 0 Å². The van der Waals surface area contributed by atoms with Crippen molar-refractivity contribution in [1.82, 2.24) is 4.98 Å². The van der Waals surface area contributed by atoms with Crippen LogP contribution in [-0.4, -0.2) is 24.7 Å². The van der Waals surface area contributed by atoms with E-state index in [1.165, 1.54) is 0 Å². The Morgan fingerprint density at radius 3 is 2.84 bits per heavy atom. The minimum Gasteiger partial charge on any atom is -0.495 e. The monoisotopic (exact) mass is 285 g/mol. The van der Waals surface area contributed by atoms with Gasteiger partial charge in [-0.1, -0.05) is 19.0 Å². The van der Waals surface area contributed by atoms with E-state index in [4.69, 9.17) is 21.1 Å². The molecule has 1 aliphatic rings. The maximum absolute atomic E-state index is 11.9. The maximum atomic E-state index is 11.9. The van der Waals surface area contributed by atoms with Crippen molar-refractivity contribution < 1.29 is 14.3 Å². The first-order valence-corrected chi connectivity index (χ1v) is 6.28. The third kappa shape index (κ3) is 2.84. The van der Waals surface area contributed by atoms with Crippen LogP contribution in [0.1, 0.15) is 39.3 Å². The van der Waals surface area contributed by atoms with Gasteiger partial charge in [0.15, 0.2) is 0 Å². The largest absolute Gasteiger partial charge is 0.495 e. The van der Waals surface area contributed by atoms with Crippen LogP contribution in [0.4, 0.5) is 0 Å². The van der Waals surface area contributed by atoms with E-state index >= 15 is 0 Å². The molecule has 0 aliphatic heterocycles. The predicted octanol–water partition coefficient (Wildman–Crippen LogP) is 3.44. The average Bonchev–Trinajstić information content (AvgIpc) is 3.03. The highest BCUT2D eigenvalue weighted by Crippen LogP contribution is 2.60. The molecular weight excluding hydrogens is 266 g/mol. The van der Waals surface area contributed by atoms with Crippen LogP contribution in [0.3, 0.4) is 0 Å². The van der Waals surface area contributed by atoms with Crippen LogP contribution in [0.25, 0.3) is 0 Å². The van der Waals surface area contributed by atoms with Crippen molar-refractivity contribution in [2.24, 2.45) is 5.41 Å². The molecule has 5 heteroatoms. The summed E-state index contributed by atoms with van der Waals surface area (Å²) in [6.07, 6.45) is 0.718. The van der Waals surface area contributed by atoms with Gasteiger partial charge in [-0.3, -0.25) is 4.79 Å². The third-order valence-corrected chi connectivity index (χ3v) is 3.59. The lowest BCUT2D eigenvalue weighted by Gasteiger charge is -2.12. The van der Waals surface area contributed by atoms with Crippen molar-refractivity contribution in [3.8, 4) is 5.75 Å². The molecule has 1 aromatic heterocycles. The van der Waals surface area contributed by atoms with Crippen LogP contribution in [0.15, 0.2) is 12.1 Å². The molecule has 0 aromatic carbocycles. The summed E-state index contributed by atoms with van der Waals surface area (Å²) in [4.78, 5) is 16.1. The zero-order valence-corrected chi connectivity index (χ0v) is 11.5. The van der Waals surface area contributed by atoms with E-state index in [1.54, 1.807) is 26.2 Å². The molecule has 19 heavy (non-hydrogen) atoms. The van der Waals surface area contributed by atoms with Gasteiger partial charge in [0, 0.05) is 5.92 Å². The number of methoxy groups -OCH3 is 1. The first kappa shape index (κ1) is 15.8. The van der Waals surface area contributed by atoms with E-state index in [2.05, 4.69) is 4.98 Å². The molecule has 1 aromatic rings. The number of carbonyl (C=O) groups is 1. The summed E-state index contributed by atoms with van der Waals surface area (Å²) < 4.78 is 10.3. The van der Waals surface area contributed by atoms with Gasteiger partial charge in [-0.2, -0.15) is 0 Å². The van der Waals surface area contributed by atoms with Crippen LogP contribution in [0.5, 0.6) is 5.75 Å². The lowest BCUT2D eigenvalue weighted by atomic mass is 10.0.